The van der Waals surface area contributed by atoms with Crippen LogP contribution in [0.1, 0.15) is 17.4 Å². The van der Waals surface area contributed by atoms with Gasteiger partial charge in [-0.05, 0) is 24.3 Å². The van der Waals surface area contributed by atoms with Crippen LogP contribution in [-0.2, 0) is 0 Å². The smallest absolute Gasteiger partial charge is 0.130 e. The van der Waals surface area contributed by atoms with Gasteiger partial charge in [-0.2, -0.15) is 0 Å². The molecule has 0 amide bonds. The van der Waals surface area contributed by atoms with Crippen molar-refractivity contribution in [2.45, 2.75) is 6.10 Å². The lowest BCUT2D eigenvalue weighted by molar-refractivity contribution is 0.210. The third kappa shape index (κ3) is 2.03. The van der Waals surface area contributed by atoms with E-state index in [-0.39, 0.29) is 5.56 Å². The number of aromatic nitrogens is 1. The molecule has 1 unspecified atom stereocenters. The molecule has 2 rings (SSSR count). The molecule has 1 aromatic heterocycles. The van der Waals surface area contributed by atoms with Crippen LogP contribution in [0.5, 0.6) is 0 Å². The van der Waals surface area contributed by atoms with Crippen LogP contribution in [0, 0.1) is 5.82 Å². The van der Waals surface area contributed by atoms with Crippen LogP contribution in [0.25, 0.3) is 0 Å². The average molecular weight is 226 g/mol. The topological polar surface area (TPSA) is 36.0 Å². The summed E-state index contributed by atoms with van der Waals surface area (Å²) in [5.41, 5.74) is 0.762. The fourth-order valence-corrected chi connectivity index (χ4v) is 1.56. The van der Waals surface area contributed by atoms with Crippen LogP contribution in [0.4, 0.5) is 4.39 Å². The Balaban J connectivity index is 2.38. The number of benzene rings is 1. The van der Waals surface area contributed by atoms with E-state index in [1.54, 1.807) is 24.4 Å². The van der Waals surface area contributed by atoms with Crippen LogP contribution in [0.15, 0.2) is 36.5 Å². The second kappa shape index (κ2) is 4.04. The van der Waals surface area contributed by atoms with Gasteiger partial charge < -0.3 is 10.1 Å². The quantitative estimate of drug-likeness (QED) is 0.810. The van der Waals surface area contributed by atoms with Gasteiger partial charge in [0.1, 0.15) is 11.9 Å². The number of aliphatic hydroxyl groups is 1. The number of H-pyrrole nitrogens is 1. The van der Waals surface area contributed by atoms with Crippen molar-refractivity contribution < 1.29 is 9.50 Å². The van der Waals surface area contributed by atoms with Crippen molar-refractivity contribution in [3.8, 4) is 0 Å². The summed E-state index contributed by atoms with van der Waals surface area (Å²) in [6.45, 7) is 0. The van der Waals surface area contributed by atoms with Crippen LogP contribution in [0.2, 0.25) is 5.02 Å². The number of rotatable bonds is 2. The molecule has 1 atom stereocenters. The minimum Gasteiger partial charge on any atom is -0.382 e. The van der Waals surface area contributed by atoms with E-state index in [2.05, 4.69) is 4.98 Å². The Morgan fingerprint density at radius 1 is 1.33 bits per heavy atom. The van der Waals surface area contributed by atoms with Crippen molar-refractivity contribution in [2.75, 3.05) is 0 Å². The van der Waals surface area contributed by atoms with E-state index in [1.165, 1.54) is 12.1 Å². The van der Waals surface area contributed by atoms with Crippen LogP contribution in [0.3, 0.4) is 0 Å². The van der Waals surface area contributed by atoms with Gasteiger partial charge in [-0.25, -0.2) is 4.39 Å². The SMILES string of the molecule is OC(c1ccc[nH]1)c1ccc(Cl)cc1F. The lowest BCUT2D eigenvalue weighted by atomic mass is 10.1. The number of aliphatic hydroxyl groups excluding tert-OH is 1. The molecule has 4 heteroatoms. The fraction of sp³-hybridized carbons (Fsp3) is 0.0909. The summed E-state index contributed by atoms with van der Waals surface area (Å²) in [6, 6.07) is 7.64. The first-order chi connectivity index (χ1) is 7.18. The molecule has 0 fully saturated rings. The summed E-state index contributed by atoms with van der Waals surface area (Å²) in [7, 11) is 0. The first kappa shape index (κ1) is 10.2. The second-order valence-corrected chi connectivity index (χ2v) is 3.63. The van der Waals surface area contributed by atoms with Crippen molar-refractivity contribution >= 4 is 11.6 Å². The summed E-state index contributed by atoms with van der Waals surface area (Å²) in [5.74, 6) is -0.510. The van der Waals surface area contributed by atoms with E-state index in [1.807, 2.05) is 0 Å². The number of nitrogens with one attached hydrogen (secondary N) is 1. The Bertz CT molecular complexity index is 456. The average Bonchev–Trinajstić information content (AvgIpc) is 2.69. The van der Waals surface area contributed by atoms with Gasteiger partial charge in [0.25, 0.3) is 0 Å². The van der Waals surface area contributed by atoms with Crippen molar-refractivity contribution in [3.63, 3.8) is 0 Å². The molecule has 78 valence electrons. The zero-order valence-electron chi connectivity index (χ0n) is 7.74. The maximum absolute atomic E-state index is 13.4. The number of aromatic amines is 1. The van der Waals surface area contributed by atoms with Crippen molar-refractivity contribution in [1.29, 1.82) is 0 Å². The minimum absolute atomic E-state index is 0.210. The molecule has 2 N–H and O–H groups in total. The van der Waals surface area contributed by atoms with Gasteiger partial charge >= 0.3 is 0 Å². The Labute approximate surface area is 91.3 Å². The molecular weight excluding hydrogens is 217 g/mol. The standard InChI is InChI=1S/C11H9ClFNO/c12-7-3-4-8(9(13)6-7)11(15)10-2-1-5-14-10/h1-6,11,14-15H. The molecule has 0 saturated heterocycles. The normalized spacial score (nSPS) is 12.7. The van der Waals surface area contributed by atoms with Crippen molar-refractivity contribution in [3.05, 3.63) is 58.6 Å². The fourth-order valence-electron chi connectivity index (χ4n) is 1.41. The second-order valence-electron chi connectivity index (χ2n) is 3.19. The molecule has 0 aliphatic heterocycles. The Hall–Kier alpha value is -1.32. The molecule has 0 saturated carbocycles. The van der Waals surface area contributed by atoms with E-state index >= 15 is 0 Å². The van der Waals surface area contributed by atoms with E-state index < -0.39 is 11.9 Å². The highest BCUT2D eigenvalue weighted by Crippen LogP contribution is 2.24. The molecule has 2 aromatic rings. The molecule has 1 aromatic carbocycles. The number of hydrogen-bond donors (Lipinski definition) is 2. The zero-order valence-corrected chi connectivity index (χ0v) is 8.50. The van der Waals surface area contributed by atoms with E-state index in [9.17, 15) is 9.50 Å². The highest BCUT2D eigenvalue weighted by atomic mass is 35.5. The summed E-state index contributed by atoms with van der Waals surface area (Å²) in [5, 5.41) is 10.2. The number of hydrogen-bond acceptors (Lipinski definition) is 1. The first-order valence-corrected chi connectivity index (χ1v) is 4.82. The van der Waals surface area contributed by atoms with Gasteiger partial charge in [0.05, 0.1) is 0 Å². The van der Waals surface area contributed by atoms with E-state index in [0.29, 0.717) is 10.7 Å². The monoisotopic (exact) mass is 225 g/mol. The van der Waals surface area contributed by atoms with Gasteiger partial charge in [-0.1, -0.05) is 17.7 Å². The van der Waals surface area contributed by atoms with Crippen LogP contribution >= 0.6 is 11.6 Å². The van der Waals surface area contributed by atoms with Crippen molar-refractivity contribution in [1.82, 2.24) is 4.98 Å². The highest BCUT2D eigenvalue weighted by Gasteiger charge is 2.15. The summed E-state index contributed by atoms with van der Waals surface area (Å²) < 4.78 is 13.4. The molecule has 15 heavy (non-hydrogen) atoms. The molecule has 0 spiro atoms. The Morgan fingerprint density at radius 3 is 2.73 bits per heavy atom. The molecule has 0 bridgehead atoms. The Morgan fingerprint density at radius 2 is 2.13 bits per heavy atom. The van der Waals surface area contributed by atoms with E-state index in [4.69, 9.17) is 11.6 Å². The maximum atomic E-state index is 13.4. The molecule has 0 radical (unpaired) electrons. The molecule has 1 heterocycles. The van der Waals surface area contributed by atoms with Crippen LogP contribution in [-0.4, -0.2) is 10.1 Å². The summed E-state index contributed by atoms with van der Waals surface area (Å²) in [6.07, 6.45) is 0.684. The molecular formula is C11H9ClFNO. The Kier molecular flexibility index (Phi) is 2.75. The van der Waals surface area contributed by atoms with Gasteiger partial charge in [0.15, 0.2) is 0 Å². The van der Waals surface area contributed by atoms with E-state index in [0.717, 1.165) is 0 Å². The number of halogens is 2. The largest absolute Gasteiger partial charge is 0.382 e. The lowest BCUT2D eigenvalue weighted by Gasteiger charge is -2.10. The van der Waals surface area contributed by atoms with Gasteiger partial charge in [0, 0.05) is 22.5 Å². The maximum Gasteiger partial charge on any atom is 0.130 e. The van der Waals surface area contributed by atoms with Gasteiger partial charge in [0.2, 0.25) is 0 Å². The predicted octanol–water partition coefficient (Wildman–Crippen LogP) is 2.89. The predicted molar refractivity (Wildman–Crippen MR) is 56.3 cm³/mol. The minimum atomic E-state index is -0.989. The highest BCUT2D eigenvalue weighted by molar-refractivity contribution is 6.30. The summed E-state index contributed by atoms with van der Waals surface area (Å²) in [4.78, 5) is 2.83. The first-order valence-electron chi connectivity index (χ1n) is 4.45. The van der Waals surface area contributed by atoms with Gasteiger partial charge in [-0.3, -0.25) is 0 Å². The van der Waals surface area contributed by atoms with Gasteiger partial charge in [-0.15, -0.1) is 0 Å². The zero-order chi connectivity index (χ0) is 10.8. The van der Waals surface area contributed by atoms with Crippen molar-refractivity contribution in [2.24, 2.45) is 0 Å². The summed E-state index contributed by atoms with van der Waals surface area (Å²) >= 11 is 5.62. The van der Waals surface area contributed by atoms with Crippen LogP contribution < -0.4 is 0 Å². The molecule has 0 aliphatic carbocycles. The third-order valence-electron chi connectivity index (χ3n) is 2.17. The third-order valence-corrected chi connectivity index (χ3v) is 2.41. The molecule has 2 nitrogen and oxygen atoms in total. The molecule has 0 aliphatic rings. The lowest BCUT2D eigenvalue weighted by Crippen LogP contribution is -2.02.